The maximum absolute atomic E-state index is 14.3. The molecule has 0 aliphatic rings. The Balaban J connectivity index is 1.97. The summed E-state index contributed by atoms with van der Waals surface area (Å²) in [5.74, 6) is -0.213. The van der Waals surface area contributed by atoms with Crippen LogP contribution in [-0.4, -0.2) is 18.3 Å². The first-order valence-electron chi connectivity index (χ1n) is 6.94. The molecule has 0 spiro atoms. The lowest BCUT2D eigenvalue weighted by molar-refractivity contribution is 0.633. The highest BCUT2D eigenvalue weighted by Crippen LogP contribution is 2.26. The topological polar surface area (TPSA) is 40.7 Å². The number of anilines is 2. The molecule has 2 aromatic carbocycles. The summed E-state index contributed by atoms with van der Waals surface area (Å²) in [6.45, 7) is 6.63. The normalized spacial score (nSPS) is 11.8. The zero-order chi connectivity index (χ0) is 15.0. The van der Waals surface area contributed by atoms with Crippen molar-refractivity contribution in [1.82, 2.24) is 10.2 Å². The highest BCUT2D eigenvalue weighted by atomic mass is 28.3. The number of hydrogen-bond donors (Lipinski definition) is 2. The summed E-state index contributed by atoms with van der Waals surface area (Å²) < 4.78 is 14.3. The van der Waals surface area contributed by atoms with Crippen molar-refractivity contribution >= 4 is 35.5 Å². The number of benzene rings is 2. The molecule has 0 aliphatic carbocycles. The minimum absolute atomic E-state index is 0.213. The van der Waals surface area contributed by atoms with Gasteiger partial charge in [0, 0.05) is 11.1 Å². The molecule has 0 atom stereocenters. The monoisotopic (exact) mass is 299 g/mol. The summed E-state index contributed by atoms with van der Waals surface area (Å²) >= 11 is 0. The fourth-order valence-electron chi connectivity index (χ4n) is 2.31. The van der Waals surface area contributed by atoms with Crippen molar-refractivity contribution in [2.24, 2.45) is 0 Å². The van der Waals surface area contributed by atoms with Crippen LogP contribution in [0.4, 0.5) is 15.8 Å². The zero-order valence-corrected chi connectivity index (χ0v) is 13.4. The van der Waals surface area contributed by atoms with Crippen LogP contribution in [0.5, 0.6) is 0 Å². The third-order valence-corrected chi connectivity index (χ3v) is 5.63. The van der Waals surface area contributed by atoms with Crippen molar-refractivity contribution in [3.05, 3.63) is 48.4 Å². The number of halogens is 1. The van der Waals surface area contributed by atoms with E-state index in [4.69, 9.17) is 0 Å². The predicted octanol–water partition coefficient (Wildman–Crippen LogP) is 3.99. The first-order chi connectivity index (χ1) is 9.95. The van der Waals surface area contributed by atoms with E-state index in [0.29, 0.717) is 5.69 Å². The predicted molar refractivity (Wildman–Crippen MR) is 88.8 cm³/mol. The van der Waals surface area contributed by atoms with Gasteiger partial charge in [-0.2, -0.15) is 5.10 Å². The molecular weight excluding hydrogens is 281 g/mol. The van der Waals surface area contributed by atoms with E-state index in [2.05, 4.69) is 35.2 Å². The number of nitrogens with zero attached hydrogens (tertiary/aromatic N) is 1. The van der Waals surface area contributed by atoms with Gasteiger partial charge in [0.1, 0.15) is 5.82 Å². The minimum atomic E-state index is -1.50. The van der Waals surface area contributed by atoms with Crippen LogP contribution in [0.1, 0.15) is 0 Å². The molecule has 5 heteroatoms. The van der Waals surface area contributed by atoms with Gasteiger partial charge in [0.25, 0.3) is 0 Å². The Morgan fingerprint density at radius 3 is 2.62 bits per heavy atom. The number of aromatic amines is 1. The fraction of sp³-hybridized carbons (Fsp3) is 0.188. The second-order valence-corrected chi connectivity index (χ2v) is 11.3. The van der Waals surface area contributed by atoms with Crippen LogP contribution in [0.25, 0.3) is 10.9 Å². The molecule has 0 amide bonds. The molecule has 2 N–H and O–H groups in total. The molecule has 0 unspecified atom stereocenters. The van der Waals surface area contributed by atoms with E-state index in [1.165, 1.54) is 0 Å². The smallest absolute Gasteiger partial charge is 0.146 e. The van der Waals surface area contributed by atoms with Crippen molar-refractivity contribution in [2.45, 2.75) is 19.6 Å². The summed E-state index contributed by atoms with van der Waals surface area (Å²) in [5.41, 5.74) is 2.27. The minimum Gasteiger partial charge on any atom is -0.353 e. The van der Waals surface area contributed by atoms with Gasteiger partial charge in [-0.1, -0.05) is 37.0 Å². The molecule has 3 aromatic rings. The molecule has 21 heavy (non-hydrogen) atoms. The van der Waals surface area contributed by atoms with Crippen molar-refractivity contribution in [3.63, 3.8) is 0 Å². The Morgan fingerprint density at radius 2 is 1.90 bits per heavy atom. The van der Waals surface area contributed by atoms with Gasteiger partial charge < -0.3 is 5.32 Å². The molecule has 0 saturated heterocycles. The fourth-order valence-corrected chi connectivity index (χ4v) is 3.45. The molecule has 1 aromatic heterocycles. The number of H-pyrrole nitrogens is 1. The van der Waals surface area contributed by atoms with Gasteiger partial charge in [-0.25, -0.2) is 4.39 Å². The van der Waals surface area contributed by atoms with Crippen LogP contribution >= 0.6 is 0 Å². The summed E-state index contributed by atoms with van der Waals surface area (Å²) in [6, 6.07) is 11.3. The highest BCUT2D eigenvalue weighted by molar-refractivity contribution is 6.88. The van der Waals surface area contributed by atoms with E-state index in [1.807, 2.05) is 30.3 Å². The third-order valence-electron chi connectivity index (χ3n) is 3.59. The maximum atomic E-state index is 14.3. The SMILES string of the molecule is C[Si](C)(C)c1ccc(Nc2cccc3[nH]ncc23)c(F)c1. The van der Waals surface area contributed by atoms with Gasteiger partial charge in [-0.05, 0) is 24.3 Å². The Bertz CT molecular complexity index is 790. The number of nitrogens with one attached hydrogen (secondary N) is 2. The van der Waals surface area contributed by atoms with E-state index >= 15 is 0 Å². The van der Waals surface area contributed by atoms with Gasteiger partial charge in [-0.3, -0.25) is 5.10 Å². The van der Waals surface area contributed by atoms with Crippen molar-refractivity contribution in [3.8, 4) is 0 Å². The van der Waals surface area contributed by atoms with E-state index in [1.54, 1.807) is 12.3 Å². The first-order valence-corrected chi connectivity index (χ1v) is 10.4. The Morgan fingerprint density at radius 1 is 1.10 bits per heavy atom. The number of aromatic nitrogens is 2. The highest BCUT2D eigenvalue weighted by Gasteiger charge is 2.18. The zero-order valence-electron chi connectivity index (χ0n) is 12.4. The van der Waals surface area contributed by atoms with Crippen molar-refractivity contribution in [2.75, 3.05) is 5.32 Å². The van der Waals surface area contributed by atoms with Crippen LogP contribution in [0, 0.1) is 5.82 Å². The largest absolute Gasteiger partial charge is 0.353 e. The van der Waals surface area contributed by atoms with Gasteiger partial charge >= 0.3 is 0 Å². The molecular formula is C16H18FN3Si. The molecule has 0 bridgehead atoms. The maximum Gasteiger partial charge on any atom is 0.146 e. The lowest BCUT2D eigenvalue weighted by Gasteiger charge is -2.18. The number of hydrogen-bond acceptors (Lipinski definition) is 2. The van der Waals surface area contributed by atoms with Crippen molar-refractivity contribution < 1.29 is 4.39 Å². The molecule has 0 saturated carbocycles. The number of rotatable bonds is 3. The van der Waals surface area contributed by atoms with Crippen LogP contribution in [0.15, 0.2) is 42.6 Å². The van der Waals surface area contributed by atoms with Crippen LogP contribution < -0.4 is 10.5 Å². The van der Waals surface area contributed by atoms with Crippen LogP contribution in [-0.2, 0) is 0 Å². The molecule has 0 radical (unpaired) electrons. The van der Waals surface area contributed by atoms with Gasteiger partial charge in [-0.15, -0.1) is 0 Å². The average molecular weight is 299 g/mol. The molecule has 0 fully saturated rings. The standard InChI is InChI=1S/C16H18FN3Si/c1-21(2,3)11-7-8-16(13(17)9-11)19-14-5-4-6-15-12(14)10-18-20-15/h4-10,19H,1-3H3,(H,18,20). The second kappa shape index (κ2) is 5.00. The Labute approximate surface area is 124 Å². The van der Waals surface area contributed by atoms with Crippen LogP contribution in [0.3, 0.4) is 0 Å². The lowest BCUT2D eigenvalue weighted by Crippen LogP contribution is -2.37. The Kier molecular flexibility index (Phi) is 3.29. The summed E-state index contributed by atoms with van der Waals surface area (Å²) in [5, 5.41) is 12.2. The van der Waals surface area contributed by atoms with E-state index in [9.17, 15) is 4.39 Å². The summed E-state index contributed by atoms with van der Waals surface area (Å²) in [6.07, 6.45) is 1.74. The van der Waals surface area contributed by atoms with E-state index in [-0.39, 0.29) is 5.82 Å². The first kappa shape index (κ1) is 13.8. The van der Waals surface area contributed by atoms with Crippen molar-refractivity contribution in [1.29, 1.82) is 0 Å². The van der Waals surface area contributed by atoms with Crippen LogP contribution in [0.2, 0.25) is 19.6 Å². The van der Waals surface area contributed by atoms with Gasteiger partial charge in [0.2, 0.25) is 0 Å². The molecule has 3 rings (SSSR count). The third kappa shape index (κ3) is 2.69. The molecule has 108 valence electrons. The average Bonchev–Trinajstić information content (AvgIpc) is 2.89. The lowest BCUT2D eigenvalue weighted by atomic mass is 10.2. The van der Waals surface area contributed by atoms with E-state index in [0.717, 1.165) is 21.8 Å². The Hall–Kier alpha value is -2.14. The summed E-state index contributed by atoms with van der Waals surface area (Å²) in [4.78, 5) is 0. The number of fused-ring (bicyclic) bond motifs is 1. The van der Waals surface area contributed by atoms with Gasteiger partial charge in [0.05, 0.1) is 25.5 Å². The quantitative estimate of drug-likeness (QED) is 0.718. The molecule has 3 nitrogen and oxygen atoms in total. The molecule has 1 heterocycles. The molecule has 0 aliphatic heterocycles. The van der Waals surface area contributed by atoms with Gasteiger partial charge in [0.15, 0.2) is 0 Å². The summed E-state index contributed by atoms with van der Waals surface area (Å²) in [7, 11) is -1.50. The second-order valence-electron chi connectivity index (χ2n) is 6.21. The van der Waals surface area contributed by atoms with E-state index < -0.39 is 8.07 Å².